The van der Waals surface area contributed by atoms with E-state index in [2.05, 4.69) is 15.5 Å². The Morgan fingerprint density at radius 1 is 1.19 bits per heavy atom. The van der Waals surface area contributed by atoms with Crippen LogP contribution < -0.4 is 10.9 Å². The molecule has 0 atom stereocenters. The van der Waals surface area contributed by atoms with Gasteiger partial charge in [-0.25, -0.2) is 13.5 Å². The number of H-pyrrole nitrogens is 1. The van der Waals surface area contributed by atoms with Gasteiger partial charge in [0.2, 0.25) is 0 Å². The van der Waals surface area contributed by atoms with E-state index in [0.717, 1.165) is 0 Å². The Morgan fingerprint density at radius 2 is 1.86 bits per heavy atom. The minimum Gasteiger partial charge on any atom is -0.321 e. The summed E-state index contributed by atoms with van der Waals surface area (Å²) in [5.74, 6) is -0.489. The maximum Gasteiger partial charge on any atom is 0.276 e. The van der Waals surface area contributed by atoms with Crippen molar-refractivity contribution >= 4 is 21.4 Å². The molecule has 0 aliphatic rings. The highest BCUT2D eigenvalue weighted by atomic mass is 32.2. The molecule has 0 aliphatic carbocycles. The number of benzene rings is 1. The molecular formula is C13H13N3O4S. The van der Waals surface area contributed by atoms with Crippen molar-refractivity contribution in [2.45, 2.75) is 11.8 Å². The predicted molar refractivity (Wildman–Crippen MR) is 77.0 cm³/mol. The Balaban J connectivity index is 2.15. The molecule has 2 rings (SSSR count). The van der Waals surface area contributed by atoms with E-state index in [1.807, 2.05) is 0 Å². The lowest BCUT2D eigenvalue weighted by Crippen LogP contribution is -2.17. The molecule has 8 heteroatoms. The Labute approximate surface area is 120 Å². The number of nitrogens with one attached hydrogen (secondary N) is 2. The number of sulfone groups is 1. The first kappa shape index (κ1) is 14.9. The smallest absolute Gasteiger partial charge is 0.276 e. The molecule has 0 radical (unpaired) electrons. The zero-order valence-corrected chi connectivity index (χ0v) is 12.0. The molecule has 21 heavy (non-hydrogen) atoms. The quantitative estimate of drug-likeness (QED) is 0.869. The number of nitrogens with zero attached hydrogens (tertiary/aromatic N) is 1. The first-order valence-corrected chi connectivity index (χ1v) is 7.77. The average molecular weight is 307 g/mol. The van der Waals surface area contributed by atoms with Crippen LogP contribution in [0.15, 0.2) is 46.1 Å². The third-order valence-corrected chi connectivity index (χ3v) is 4.51. The molecule has 1 heterocycles. The van der Waals surface area contributed by atoms with E-state index in [4.69, 9.17) is 0 Å². The summed E-state index contributed by atoms with van der Waals surface area (Å²) < 4.78 is 23.3. The van der Waals surface area contributed by atoms with Crippen LogP contribution in [0.5, 0.6) is 0 Å². The lowest BCUT2D eigenvalue weighted by atomic mass is 10.3. The number of rotatable bonds is 4. The topological polar surface area (TPSA) is 109 Å². The second kappa shape index (κ2) is 5.88. The van der Waals surface area contributed by atoms with Crippen LogP contribution in [0.25, 0.3) is 0 Å². The molecule has 0 unspecified atom stereocenters. The summed E-state index contributed by atoms with van der Waals surface area (Å²) >= 11 is 0. The summed E-state index contributed by atoms with van der Waals surface area (Å²) in [5, 5.41) is 8.31. The molecule has 1 amide bonds. The molecule has 0 aliphatic heterocycles. The van der Waals surface area contributed by atoms with Crippen LogP contribution in [0.4, 0.5) is 5.69 Å². The van der Waals surface area contributed by atoms with Crippen molar-refractivity contribution in [1.29, 1.82) is 0 Å². The maximum absolute atomic E-state index is 11.8. The van der Waals surface area contributed by atoms with E-state index < -0.39 is 21.3 Å². The van der Waals surface area contributed by atoms with Crippen LogP contribution in [0.1, 0.15) is 17.4 Å². The highest BCUT2D eigenvalue weighted by molar-refractivity contribution is 7.91. The molecule has 1 aromatic heterocycles. The normalized spacial score (nSPS) is 11.1. The molecule has 2 N–H and O–H groups in total. The van der Waals surface area contributed by atoms with E-state index in [-0.39, 0.29) is 16.3 Å². The SMILES string of the molecule is CCS(=O)(=O)c1ccc(NC(=O)c2ccc(=O)[nH]n2)cc1. The van der Waals surface area contributed by atoms with Gasteiger partial charge in [0.1, 0.15) is 5.69 Å². The summed E-state index contributed by atoms with van der Waals surface area (Å²) in [6.07, 6.45) is 0. The van der Waals surface area contributed by atoms with Crippen molar-refractivity contribution in [3.05, 3.63) is 52.4 Å². The van der Waals surface area contributed by atoms with Gasteiger partial charge in [0, 0.05) is 11.8 Å². The Morgan fingerprint density at radius 3 is 2.38 bits per heavy atom. The summed E-state index contributed by atoms with van der Waals surface area (Å²) in [5.41, 5.74) is 0.0867. The minimum atomic E-state index is -3.27. The van der Waals surface area contributed by atoms with Gasteiger partial charge in [-0.05, 0) is 30.3 Å². The van der Waals surface area contributed by atoms with Crippen LogP contribution in [-0.2, 0) is 9.84 Å². The number of hydrogen-bond acceptors (Lipinski definition) is 5. The molecule has 0 saturated carbocycles. The van der Waals surface area contributed by atoms with Gasteiger partial charge in [0.25, 0.3) is 11.5 Å². The molecule has 7 nitrogen and oxygen atoms in total. The number of anilines is 1. The van der Waals surface area contributed by atoms with Crippen LogP contribution >= 0.6 is 0 Å². The summed E-state index contributed by atoms with van der Waals surface area (Å²) in [6, 6.07) is 8.32. The molecule has 0 spiro atoms. The van der Waals surface area contributed by atoms with Gasteiger partial charge in [0.05, 0.1) is 10.6 Å². The van der Waals surface area contributed by atoms with Crippen LogP contribution in [0, 0.1) is 0 Å². The number of carbonyl (C=O) groups is 1. The Hall–Kier alpha value is -2.48. The zero-order chi connectivity index (χ0) is 15.5. The average Bonchev–Trinajstić information content (AvgIpc) is 2.48. The predicted octanol–water partition coefficient (Wildman–Crippen LogP) is 0.816. The molecule has 1 aromatic carbocycles. The monoisotopic (exact) mass is 307 g/mol. The fraction of sp³-hybridized carbons (Fsp3) is 0.154. The Kier molecular flexibility index (Phi) is 4.18. The number of carbonyl (C=O) groups excluding carboxylic acids is 1. The van der Waals surface area contributed by atoms with E-state index in [1.165, 1.54) is 36.4 Å². The van der Waals surface area contributed by atoms with Gasteiger partial charge in [-0.2, -0.15) is 5.10 Å². The van der Waals surface area contributed by atoms with Crippen LogP contribution in [0.2, 0.25) is 0 Å². The third kappa shape index (κ3) is 3.54. The van der Waals surface area contributed by atoms with Gasteiger partial charge >= 0.3 is 0 Å². The number of aromatic amines is 1. The lowest BCUT2D eigenvalue weighted by Gasteiger charge is -2.06. The standard InChI is InChI=1S/C13H13N3O4S/c1-2-21(19,20)10-5-3-9(4-6-10)14-13(18)11-7-8-12(17)16-15-11/h3-8H,2H2,1H3,(H,14,18)(H,16,17). The molecule has 0 saturated heterocycles. The van der Waals surface area contributed by atoms with Crippen molar-refractivity contribution in [2.75, 3.05) is 11.1 Å². The second-order valence-electron chi connectivity index (χ2n) is 4.19. The number of aromatic nitrogens is 2. The van der Waals surface area contributed by atoms with Crippen molar-refractivity contribution < 1.29 is 13.2 Å². The van der Waals surface area contributed by atoms with E-state index in [9.17, 15) is 18.0 Å². The summed E-state index contributed by atoms with van der Waals surface area (Å²) in [7, 11) is -3.27. The van der Waals surface area contributed by atoms with Crippen molar-refractivity contribution in [1.82, 2.24) is 10.2 Å². The van der Waals surface area contributed by atoms with Crippen molar-refractivity contribution in [3.63, 3.8) is 0 Å². The number of amides is 1. The zero-order valence-electron chi connectivity index (χ0n) is 11.2. The van der Waals surface area contributed by atoms with Gasteiger partial charge < -0.3 is 5.32 Å². The van der Waals surface area contributed by atoms with Gasteiger partial charge in [-0.3, -0.25) is 9.59 Å². The van der Waals surface area contributed by atoms with E-state index in [0.29, 0.717) is 5.69 Å². The fourth-order valence-electron chi connectivity index (χ4n) is 1.58. The molecule has 0 bridgehead atoms. The highest BCUT2D eigenvalue weighted by Gasteiger charge is 2.12. The van der Waals surface area contributed by atoms with Gasteiger partial charge in [0.15, 0.2) is 9.84 Å². The molecule has 110 valence electrons. The highest BCUT2D eigenvalue weighted by Crippen LogP contribution is 2.15. The molecular weight excluding hydrogens is 294 g/mol. The Bertz CT molecular complexity index is 790. The summed E-state index contributed by atoms with van der Waals surface area (Å²) in [4.78, 5) is 22.9. The van der Waals surface area contributed by atoms with Crippen LogP contribution in [-0.4, -0.2) is 30.3 Å². The third-order valence-electron chi connectivity index (χ3n) is 2.76. The van der Waals surface area contributed by atoms with Crippen molar-refractivity contribution in [2.24, 2.45) is 0 Å². The van der Waals surface area contributed by atoms with Crippen LogP contribution in [0.3, 0.4) is 0 Å². The van der Waals surface area contributed by atoms with E-state index in [1.54, 1.807) is 6.92 Å². The van der Waals surface area contributed by atoms with Gasteiger partial charge in [-0.15, -0.1) is 0 Å². The van der Waals surface area contributed by atoms with Crippen molar-refractivity contribution in [3.8, 4) is 0 Å². The maximum atomic E-state index is 11.8. The first-order chi connectivity index (χ1) is 9.92. The fourth-order valence-corrected chi connectivity index (χ4v) is 2.46. The summed E-state index contributed by atoms with van der Waals surface area (Å²) in [6.45, 7) is 1.56. The van der Waals surface area contributed by atoms with Gasteiger partial charge in [-0.1, -0.05) is 6.92 Å². The largest absolute Gasteiger partial charge is 0.321 e. The minimum absolute atomic E-state index is 0.0139. The molecule has 0 fully saturated rings. The lowest BCUT2D eigenvalue weighted by molar-refractivity contribution is 0.102. The second-order valence-corrected chi connectivity index (χ2v) is 6.47. The van der Waals surface area contributed by atoms with E-state index >= 15 is 0 Å². The first-order valence-electron chi connectivity index (χ1n) is 6.12. The number of hydrogen-bond donors (Lipinski definition) is 2. The molecule has 2 aromatic rings.